The van der Waals surface area contributed by atoms with Gasteiger partial charge < -0.3 is 5.32 Å². The van der Waals surface area contributed by atoms with Crippen molar-refractivity contribution in [3.8, 4) is 0 Å². The first kappa shape index (κ1) is 16.1. The molecule has 2 rings (SSSR count). The molecule has 116 valence electrons. The van der Waals surface area contributed by atoms with Crippen LogP contribution in [0.5, 0.6) is 0 Å². The fourth-order valence-corrected chi connectivity index (χ4v) is 2.65. The molecule has 1 atom stereocenters. The van der Waals surface area contributed by atoms with Crippen LogP contribution in [0.25, 0.3) is 0 Å². The molecule has 0 aliphatic rings. The van der Waals surface area contributed by atoms with Gasteiger partial charge in [0.15, 0.2) is 0 Å². The maximum atomic E-state index is 12.2. The van der Waals surface area contributed by atoms with Crippen molar-refractivity contribution in [2.75, 3.05) is 7.05 Å². The van der Waals surface area contributed by atoms with Gasteiger partial charge in [-0.05, 0) is 55.9 Å². The largest absolute Gasteiger partial charge is 0.346 e. The Kier molecular flexibility index (Phi) is 4.89. The molecule has 1 amide bonds. The van der Waals surface area contributed by atoms with E-state index in [9.17, 15) is 13.2 Å². The number of nitrogens with zero attached hydrogens (tertiary/aromatic N) is 1. The molecule has 22 heavy (non-hydrogen) atoms. The minimum Gasteiger partial charge on any atom is -0.346 e. The average molecular weight is 319 g/mol. The van der Waals surface area contributed by atoms with Gasteiger partial charge in [-0.15, -0.1) is 0 Å². The molecule has 1 aromatic carbocycles. The van der Waals surface area contributed by atoms with E-state index in [2.05, 4.69) is 15.0 Å². The predicted octanol–water partition coefficient (Wildman–Crippen LogP) is 1.48. The second-order valence-corrected chi connectivity index (χ2v) is 6.59. The maximum Gasteiger partial charge on any atom is 0.251 e. The summed E-state index contributed by atoms with van der Waals surface area (Å²) >= 11 is 0. The van der Waals surface area contributed by atoms with E-state index in [0.717, 1.165) is 5.56 Å². The average Bonchev–Trinajstić information content (AvgIpc) is 2.55. The highest BCUT2D eigenvalue weighted by Crippen LogP contribution is 2.13. The van der Waals surface area contributed by atoms with Crippen molar-refractivity contribution in [2.45, 2.75) is 17.9 Å². The van der Waals surface area contributed by atoms with Gasteiger partial charge in [0.2, 0.25) is 10.0 Å². The molecule has 0 aliphatic heterocycles. The molecule has 0 bridgehead atoms. The summed E-state index contributed by atoms with van der Waals surface area (Å²) in [6.07, 6.45) is 3.32. The number of benzene rings is 1. The Morgan fingerprint density at radius 3 is 2.23 bits per heavy atom. The van der Waals surface area contributed by atoms with E-state index in [1.54, 1.807) is 12.4 Å². The number of rotatable bonds is 5. The third-order valence-electron chi connectivity index (χ3n) is 3.25. The molecule has 1 aromatic heterocycles. The zero-order valence-corrected chi connectivity index (χ0v) is 13.1. The Labute approximate surface area is 129 Å². The van der Waals surface area contributed by atoms with Gasteiger partial charge in [-0.2, -0.15) is 0 Å². The number of amides is 1. The Balaban J connectivity index is 2.11. The van der Waals surface area contributed by atoms with Crippen molar-refractivity contribution in [1.82, 2.24) is 15.0 Å². The van der Waals surface area contributed by atoms with Gasteiger partial charge in [-0.25, -0.2) is 13.1 Å². The summed E-state index contributed by atoms with van der Waals surface area (Å²) in [7, 11) is -2.16. The number of hydrogen-bond acceptors (Lipinski definition) is 4. The Morgan fingerprint density at radius 2 is 1.68 bits per heavy atom. The van der Waals surface area contributed by atoms with E-state index in [1.165, 1.54) is 31.3 Å². The molecular formula is C15H17N3O3S. The highest BCUT2D eigenvalue weighted by Gasteiger charge is 2.14. The molecule has 7 heteroatoms. The number of aromatic nitrogens is 1. The molecule has 1 heterocycles. The molecule has 2 N–H and O–H groups in total. The Morgan fingerprint density at radius 1 is 1.09 bits per heavy atom. The van der Waals surface area contributed by atoms with Crippen molar-refractivity contribution in [3.63, 3.8) is 0 Å². The number of hydrogen-bond donors (Lipinski definition) is 2. The van der Waals surface area contributed by atoms with Crippen molar-refractivity contribution in [3.05, 3.63) is 59.9 Å². The lowest BCUT2D eigenvalue weighted by Gasteiger charge is -2.14. The summed E-state index contributed by atoms with van der Waals surface area (Å²) in [5.41, 5.74) is 1.34. The van der Waals surface area contributed by atoms with Gasteiger partial charge in [0, 0.05) is 18.0 Å². The van der Waals surface area contributed by atoms with Crippen molar-refractivity contribution in [2.24, 2.45) is 0 Å². The lowest BCUT2D eigenvalue weighted by atomic mass is 10.1. The molecule has 2 aromatic rings. The van der Waals surface area contributed by atoms with Crippen molar-refractivity contribution >= 4 is 15.9 Å². The Bertz CT molecular complexity index is 743. The van der Waals surface area contributed by atoms with Gasteiger partial charge in [0.25, 0.3) is 5.91 Å². The topological polar surface area (TPSA) is 88.2 Å². The first-order valence-electron chi connectivity index (χ1n) is 6.68. The number of carbonyl (C=O) groups is 1. The summed E-state index contributed by atoms with van der Waals surface area (Å²) in [5, 5.41) is 2.85. The van der Waals surface area contributed by atoms with Crippen LogP contribution in [-0.4, -0.2) is 26.4 Å². The van der Waals surface area contributed by atoms with Gasteiger partial charge in [0.1, 0.15) is 0 Å². The number of nitrogens with one attached hydrogen (secondary N) is 2. The van der Waals surface area contributed by atoms with Crippen LogP contribution in [0.3, 0.4) is 0 Å². The van der Waals surface area contributed by atoms with E-state index < -0.39 is 10.0 Å². The molecule has 0 spiro atoms. The fraction of sp³-hybridized carbons (Fsp3) is 0.200. The van der Waals surface area contributed by atoms with Crippen LogP contribution in [0.4, 0.5) is 0 Å². The normalized spacial score (nSPS) is 12.6. The minimum atomic E-state index is -3.50. The summed E-state index contributed by atoms with van der Waals surface area (Å²) in [5.74, 6) is -0.266. The monoisotopic (exact) mass is 319 g/mol. The number of carbonyl (C=O) groups excluding carboxylic acids is 1. The summed E-state index contributed by atoms with van der Waals surface area (Å²) in [6.45, 7) is 1.87. The Hall–Kier alpha value is -2.25. The van der Waals surface area contributed by atoms with Crippen LogP contribution in [0, 0.1) is 0 Å². The van der Waals surface area contributed by atoms with E-state index in [4.69, 9.17) is 0 Å². The zero-order chi connectivity index (χ0) is 16.2. The van der Waals surface area contributed by atoms with Gasteiger partial charge >= 0.3 is 0 Å². The smallest absolute Gasteiger partial charge is 0.251 e. The van der Waals surface area contributed by atoms with Crippen LogP contribution in [-0.2, 0) is 10.0 Å². The van der Waals surface area contributed by atoms with Crippen LogP contribution < -0.4 is 10.0 Å². The molecule has 0 fully saturated rings. The van der Waals surface area contributed by atoms with Gasteiger partial charge in [0.05, 0.1) is 10.9 Å². The van der Waals surface area contributed by atoms with Crippen LogP contribution in [0.1, 0.15) is 28.9 Å². The minimum absolute atomic E-state index is 0.119. The molecule has 6 nitrogen and oxygen atoms in total. The van der Waals surface area contributed by atoms with Crippen molar-refractivity contribution in [1.29, 1.82) is 0 Å². The number of sulfonamides is 1. The second kappa shape index (κ2) is 6.67. The summed E-state index contributed by atoms with van der Waals surface area (Å²) in [4.78, 5) is 16.2. The molecule has 0 unspecified atom stereocenters. The third-order valence-corrected chi connectivity index (χ3v) is 4.68. The summed E-state index contributed by atoms with van der Waals surface area (Å²) < 4.78 is 25.5. The SMILES string of the molecule is CNS(=O)(=O)c1ccc(C(=O)N[C@H](C)c2ccncc2)cc1. The fourth-order valence-electron chi connectivity index (χ4n) is 1.92. The predicted molar refractivity (Wildman–Crippen MR) is 82.8 cm³/mol. The van der Waals surface area contributed by atoms with Crippen LogP contribution in [0.15, 0.2) is 53.7 Å². The van der Waals surface area contributed by atoms with E-state index >= 15 is 0 Å². The standard InChI is InChI=1S/C15H17N3O3S/c1-11(12-7-9-17-10-8-12)18-15(19)13-3-5-14(6-4-13)22(20,21)16-2/h3-11,16H,1-2H3,(H,18,19)/t11-/m1/s1. The first-order valence-corrected chi connectivity index (χ1v) is 8.17. The van der Waals surface area contributed by atoms with E-state index in [-0.39, 0.29) is 16.8 Å². The molecular weight excluding hydrogens is 302 g/mol. The lowest BCUT2D eigenvalue weighted by molar-refractivity contribution is 0.0939. The lowest BCUT2D eigenvalue weighted by Crippen LogP contribution is -2.26. The van der Waals surface area contributed by atoms with Gasteiger partial charge in [-0.3, -0.25) is 9.78 Å². The van der Waals surface area contributed by atoms with Crippen molar-refractivity contribution < 1.29 is 13.2 Å². The highest BCUT2D eigenvalue weighted by molar-refractivity contribution is 7.89. The molecule has 0 aliphatic carbocycles. The maximum absolute atomic E-state index is 12.2. The third kappa shape index (κ3) is 3.69. The quantitative estimate of drug-likeness (QED) is 0.874. The van der Waals surface area contributed by atoms with E-state index in [0.29, 0.717) is 5.56 Å². The van der Waals surface area contributed by atoms with Crippen LogP contribution >= 0.6 is 0 Å². The molecule has 0 saturated carbocycles. The molecule has 0 saturated heterocycles. The highest BCUT2D eigenvalue weighted by atomic mass is 32.2. The molecule has 0 radical (unpaired) electrons. The number of pyridine rings is 1. The summed E-state index contributed by atoms with van der Waals surface area (Å²) in [6, 6.07) is 9.25. The van der Waals surface area contributed by atoms with Gasteiger partial charge in [-0.1, -0.05) is 0 Å². The van der Waals surface area contributed by atoms with Crippen LogP contribution in [0.2, 0.25) is 0 Å². The second-order valence-electron chi connectivity index (χ2n) is 4.71. The van der Waals surface area contributed by atoms with E-state index in [1.807, 2.05) is 19.1 Å². The first-order chi connectivity index (χ1) is 10.4. The zero-order valence-electron chi connectivity index (χ0n) is 12.3.